The highest BCUT2D eigenvalue weighted by Gasteiger charge is 2.22. The van der Waals surface area contributed by atoms with Gasteiger partial charge in [0.1, 0.15) is 11.6 Å². The smallest absolute Gasteiger partial charge is 0.217 e. The Hall–Kier alpha value is -2.24. The Kier molecular flexibility index (Phi) is 3.10. The predicted molar refractivity (Wildman–Crippen MR) is 59.6 cm³/mol. The van der Waals surface area contributed by atoms with Crippen molar-refractivity contribution in [3.63, 3.8) is 0 Å². The van der Waals surface area contributed by atoms with Crippen LogP contribution in [-0.4, -0.2) is 22.7 Å². The van der Waals surface area contributed by atoms with Gasteiger partial charge in [-0.2, -0.15) is 5.10 Å². The number of rotatable bonds is 3. The molecule has 18 heavy (non-hydrogen) atoms. The van der Waals surface area contributed by atoms with Crippen LogP contribution in [-0.2, 0) is 7.05 Å². The molecule has 0 saturated heterocycles. The number of carbonyl (C=O) groups excluding carboxylic acids is 1. The van der Waals surface area contributed by atoms with E-state index in [-0.39, 0.29) is 17.0 Å². The SMILES string of the molecule is COc1cnn(C)c1C(=O)c1ccc(F)cc1F. The number of nitrogens with zero attached hydrogens (tertiary/aromatic N) is 2. The van der Waals surface area contributed by atoms with Crippen LogP contribution in [0.3, 0.4) is 0 Å². The van der Waals surface area contributed by atoms with Gasteiger partial charge in [0.25, 0.3) is 0 Å². The second-order valence-electron chi connectivity index (χ2n) is 3.64. The molecule has 1 aromatic heterocycles. The largest absolute Gasteiger partial charge is 0.493 e. The highest BCUT2D eigenvalue weighted by molar-refractivity contribution is 6.09. The first kappa shape index (κ1) is 12.2. The summed E-state index contributed by atoms with van der Waals surface area (Å²) in [5.74, 6) is -2.01. The molecule has 0 spiro atoms. The third-order valence-corrected chi connectivity index (χ3v) is 2.52. The highest BCUT2D eigenvalue weighted by Crippen LogP contribution is 2.22. The molecule has 0 N–H and O–H groups in total. The Morgan fingerprint density at radius 1 is 1.39 bits per heavy atom. The van der Waals surface area contributed by atoms with Gasteiger partial charge in [0, 0.05) is 13.1 Å². The quantitative estimate of drug-likeness (QED) is 0.784. The number of benzene rings is 1. The van der Waals surface area contributed by atoms with E-state index in [1.165, 1.54) is 25.0 Å². The van der Waals surface area contributed by atoms with Gasteiger partial charge in [-0.3, -0.25) is 9.48 Å². The summed E-state index contributed by atoms with van der Waals surface area (Å²) in [5.41, 5.74) is -0.110. The Morgan fingerprint density at radius 3 is 2.72 bits per heavy atom. The van der Waals surface area contributed by atoms with Crippen molar-refractivity contribution in [2.24, 2.45) is 7.05 Å². The molecule has 0 unspecified atom stereocenters. The molecule has 0 bridgehead atoms. The van der Waals surface area contributed by atoms with Gasteiger partial charge in [-0.1, -0.05) is 0 Å². The van der Waals surface area contributed by atoms with Gasteiger partial charge >= 0.3 is 0 Å². The monoisotopic (exact) mass is 252 g/mol. The zero-order valence-electron chi connectivity index (χ0n) is 9.78. The van der Waals surface area contributed by atoms with Crippen LogP contribution in [0, 0.1) is 11.6 Å². The number of aromatic nitrogens is 2. The van der Waals surface area contributed by atoms with Crippen LogP contribution in [0.2, 0.25) is 0 Å². The number of hydrogen-bond acceptors (Lipinski definition) is 3. The molecule has 1 heterocycles. The molecule has 0 radical (unpaired) electrons. The third-order valence-electron chi connectivity index (χ3n) is 2.52. The molecule has 6 heteroatoms. The second-order valence-corrected chi connectivity index (χ2v) is 3.64. The van der Waals surface area contributed by atoms with Crippen molar-refractivity contribution in [2.45, 2.75) is 0 Å². The lowest BCUT2D eigenvalue weighted by molar-refractivity contribution is 0.102. The van der Waals surface area contributed by atoms with Gasteiger partial charge < -0.3 is 4.74 Å². The van der Waals surface area contributed by atoms with Crippen LogP contribution >= 0.6 is 0 Å². The minimum Gasteiger partial charge on any atom is -0.493 e. The maximum absolute atomic E-state index is 13.5. The van der Waals surface area contributed by atoms with Gasteiger partial charge in [0.05, 0.1) is 18.9 Å². The maximum atomic E-state index is 13.5. The summed E-state index contributed by atoms with van der Waals surface area (Å²) in [6.07, 6.45) is 1.36. The molecule has 0 aliphatic rings. The summed E-state index contributed by atoms with van der Waals surface area (Å²) in [6, 6.07) is 2.79. The number of aryl methyl sites for hydroxylation is 1. The van der Waals surface area contributed by atoms with E-state index in [9.17, 15) is 13.6 Å². The zero-order chi connectivity index (χ0) is 13.3. The molecule has 1 aromatic carbocycles. The number of halogens is 2. The Bertz CT molecular complexity index is 608. The van der Waals surface area contributed by atoms with Crippen LogP contribution < -0.4 is 4.74 Å². The first-order valence-corrected chi connectivity index (χ1v) is 5.10. The van der Waals surface area contributed by atoms with Crippen LogP contribution in [0.15, 0.2) is 24.4 Å². The Morgan fingerprint density at radius 2 is 2.11 bits per heavy atom. The molecule has 0 fully saturated rings. The van der Waals surface area contributed by atoms with E-state index in [1.54, 1.807) is 0 Å². The van der Waals surface area contributed by atoms with Gasteiger partial charge in [-0.15, -0.1) is 0 Å². The Balaban J connectivity index is 2.51. The number of carbonyl (C=O) groups is 1. The standard InChI is InChI=1S/C12H10F2N2O2/c1-16-11(10(18-2)6-15-16)12(17)8-4-3-7(13)5-9(8)14/h3-6H,1-2H3. The van der Waals surface area contributed by atoms with E-state index in [2.05, 4.69) is 5.10 Å². The molecule has 4 nitrogen and oxygen atoms in total. The molecule has 94 valence electrons. The molecule has 2 aromatic rings. The van der Waals surface area contributed by atoms with Gasteiger partial charge in [-0.05, 0) is 12.1 Å². The number of methoxy groups -OCH3 is 1. The van der Waals surface area contributed by atoms with Crippen molar-refractivity contribution in [1.82, 2.24) is 9.78 Å². The van der Waals surface area contributed by atoms with Crippen LogP contribution in [0.25, 0.3) is 0 Å². The van der Waals surface area contributed by atoms with Crippen molar-refractivity contribution in [2.75, 3.05) is 7.11 Å². The second kappa shape index (κ2) is 4.56. The molecule has 0 atom stereocenters. The van der Waals surface area contributed by atoms with Gasteiger partial charge in [0.15, 0.2) is 11.4 Å². The average Bonchev–Trinajstić information content (AvgIpc) is 2.69. The van der Waals surface area contributed by atoms with Crippen molar-refractivity contribution in [3.05, 3.63) is 47.3 Å². The molecule has 0 amide bonds. The van der Waals surface area contributed by atoms with Crippen LogP contribution in [0.1, 0.15) is 16.1 Å². The number of ether oxygens (including phenoxy) is 1. The zero-order valence-corrected chi connectivity index (χ0v) is 9.78. The summed E-state index contributed by atoms with van der Waals surface area (Å²) in [4.78, 5) is 12.1. The summed E-state index contributed by atoms with van der Waals surface area (Å²) in [7, 11) is 2.92. The minimum absolute atomic E-state index is 0.114. The van der Waals surface area contributed by atoms with Crippen molar-refractivity contribution in [3.8, 4) is 5.75 Å². The van der Waals surface area contributed by atoms with Crippen LogP contribution in [0.4, 0.5) is 8.78 Å². The van der Waals surface area contributed by atoms with E-state index in [1.807, 2.05) is 0 Å². The van der Waals surface area contributed by atoms with E-state index >= 15 is 0 Å². The molecule has 0 aliphatic carbocycles. The third kappa shape index (κ3) is 1.97. The normalized spacial score (nSPS) is 10.4. The number of hydrogen-bond donors (Lipinski definition) is 0. The summed E-state index contributed by atoms with van der Waals surface area (Å²) in [6.45, 7) is 0. The van der Waals surface area contributed by atoms with E-state index < -0.39 is 17.4 Å². The summed E-state index contributed by atoms with van der Waals surface area (Å²) in [5, 5.41) is 3.86. The van der Waals surface area contributed by atoms with Crippen molar-refractivity contribution < 1.29 is 18.3 Å². The number of ketones is 1. The minimum atomic E-state index is -0.914. The van der Waals surface area contributed by atoms with Gasteiger partial charge in [-0.25, -0.2) is 8.78 Å². The molecular weight excluding hydrogens is 242 g/mol. The Labute approximate surface area is 102 Å². The van der Waals surface area contributed by atoms with Crippen molar-refractivity contribution >= 4 is 5.78 Å². The highest BCUT2D eigenvalue weighted by atomic mass is 19.1. The van der Waals surface area contributed by atoms with E-state index in [4.69, 9.17) is 4.74 Å². The first-order chi connectivity index (χ1) is 8.54. The van der Waals surface area contributed by atoms with E-state index in [0.29, 0.717) is 6.07 Å². The summed E-state index contributed by atoms with van der Waals surface area (Å²) >= 11 is 0. The molecule has 2 rings (SSSR count). The lowest BCUT2D eigenvalue weighted by Gasteiger charge is -2.05. The first-order valence-electron chi connectivity index (χ1n) is 5.10. The van der Waals surface area contributed by atoms with Gasteiger partial charge in [0.2, 0.25) is 5.78 Å². The van der Waals surface area contributed by atoms with Crippen molar-refractivity contribution in [1.29, 1.82) is 0 Å². The topological polar surface area (TPSA) is 44.1 Å². The average molecular weight is 252 g/mol. The maximum Gasteiger partial charge on any atom is 0.217 e. The fourth-order valence-electron chi connectivity index (χ4n) is 1.63. The summed E-state index contributed by atoms with van der Waals surface area (Å²) < 4.78 is 32.6. The predicted octanol–water partition coefficient (Wildman–Crippen LogP) is 1.94. The molecule has 0 aliphatic heterocycles. The molecular formula is C12H10F2N2O2. The fourth-order valence-corrected chi connectivity index (χ4v) is 1.63. The van der Waals surface area contributed by atoms with E-state index in [0.717, 1.165) is 12.1 Å². The molecule has 0 saturated carbocycles. The fraction of sp³-hybridized carbons (Fsp3) is 0.167. The van der Waals surface area contributed by atoms with Crippen LogP contribution in [0.5, 0.6) is 5.75 Å². The lowest BCUT2D eigenvalue weighted by Crippen LogP contribution is -2.11. The lowest BCUT2D eigenvalue weighted by atomic mass is 10.1.